The molecule has 1 aromatic heterocycles. The van der Waals surface area contributed by atoms with Crippen LogP contribution in [0.5, 0.6) is 0 Å². The summed E-state index contributed by atoms with van der Waals surface area (Å²) in [5.41, 5.74) is 1.21. The highest BCUT2D eigenvalue weighted by atomic mass is 15.2. The molecule has 1 aliphatic rings. The van der Waals surface area contributed by atoms with Crippen LogP contribution in [0, 0.1) is 0 Å². The number of aromatic nitrogens is 2. The fourth-order valence-electron chi connectivity index (χ4n) is 1.45. The van der Waals surface area contributed by atoms with Gasteiger partial charge in [-0.3, -0.25) is 0 Å². The fourth-order valence-corrected chi connectivity index (χ4v) is 1.45. The van der Waals surface area contributed by atoms with Gasteiger partial charge in [-0.2, -0.15) is 0 Å². The molecule has 0 radical (unpaired) electrons. The zero-order valence-electron chi connectivity index (χ0n) is 9.12. The van der Waals surface area contributed by atoms with Gasteiger partial charge < -0.3 is 4.90 Å². The Morgan fingerprint density at radius 3 is 2.07 bits per heavy atom. The van der Waals surface area contributed by atoms with Crippen molar-refractivity contribution < 1.29 is 0 Å². The molecule has 0 saturated carbocycles. The highest BCUT2D eigenvalue weighted by Crippen LogP contribution is 2.22. The van der Waals surface area contributed by atoms with Gasteiger partial charge in [0.2, 0.25) is 0 Å². The topological polar surface area (TPSA) is 29.0 Å². The maximum atomic E-state index is 4.40. The third kappa shape index (κ3) is 1.72. The van der Waals surface area contributed by atoms with Crippen molar-refractivity contribution in [3.63, 3.8) is 0 Å². The normalized spacial score (nSPS) is 16.6. The second kappa shape index (κ2) is 3.23. The Labute approximate surface area is 85.2 Å². The minimum absolute atomic E-state index is 0.0491. The Bertz CT molecular complexity index is 306. The lowest BCUT2D eigenvalue weighted by molar-refractivity contribution is 0.542. The predicted molar refractivity (Wildman–Crippen MR) is 57.6 cm³/mol. The van der Waals surface area contributed by atoms with Gasteiger partial charge in [0.15, 0.2) is 0 Å². The van der Waals surface area contributed by atoms with E-state index in [0.29, 0.717) is 0 Å². The lowest BCUT2D eigenvalue weighted by Crippen LogP contribution is -2.37. The molecule has 14 heavy (non-hydrogen) atoms. The molecule has 3 heteroatoms. The standard InChI is InChI=1S/C11H17N3/c1-11(2,3)10-12-7-9(8-13-10)14-5-4-6-14/h7-8H,4-6H2,1-3H3. The summed E-state index contributed by atoms with van der Waals surface area (Å²) in [6.45, 7) is 8.69. The molecule has 0 N–H and O–H groups in total. The Kier molecular flexibility index (Phi) is 2.17. The molecule has 3 nitrogen and oxygen atoms in total. The summed E-state index contributed by atoms with van der Waals surface area (Å²) in [6, 6.07) is 0. The average Bonchev–Trinajstić information content (AvgIpc) is 2.00. The van der Waals surface area contributed by atoms with Gasteiger partial charge in [0, 0.05) is 18.5 Å². The molecule has 0 unspecified atom stereocenters. The third-order valence-electron chi connectivity index (χ3n) is 2.53. The summed E-state index contributed by atoms with van der Waals surface area (Å²) < 4.78 is 0. The van der Waals surface area contributed by atoms with Crippen LogP contribution in [0.1, 0.15) is 33.0 Å². The van der Waals surface area contributed by atoms with Crippen LogP contribution in [0.4, 0.5) is 5.69 Å². The van der Waals surface area contributed by atoms with E-state index in [2.05, 4.69) is 35.6 Å². The molecule has 0 amide bonds. The second-order valence-electron chi connectivity index (χ2n) is 4.86. The Balaban J connectivity index is 2.17. The first kappa shape index (κ1) is 9.44. The van der Waals surface area contributed by atoms with Crippen LogP contribution in [0.2, 0.25) is 0 Å². The van der Waals surface area contributed by atoms with Gasteiger partial charge in [-0.1, -0.05) is 20.8 Å². The molecule has 1 aliphatic heterocycles. The van der Waals surface area contributed by atoms with E-state index in [1.807, 2.05) is 12.4 Å². The van der Waals surface area contributed by atoms with E-state index in [0.717, 1.165) is 24.6 Å². The quantitative estimate of drug-likeness (QED) is 0.679. The zero-order valence-corrected chi connectivity index (χ0v) is 9.12. The van der Waals surface area contributed by atoms with Crippen LogP contribution in [0.25, 0.3) is 0 Å². The molecular formula is C11H17N3. The van der Waals surface area contributed by atoms with Crippen molar-refractivity contribution >= 4 is 5.69 Å². The molecule has 0 atom stereocenters. The van der Waals surface area contributed by atoms with E-state index in [4.69, 9.17) is 0 Å². The summed E-state index contributed by atoms with van der Waals surface area (Å²) >= 11 is 0. The third-order valence-corrected chi connectivity index (χ3v) is 2.53. The lowest BCUT2D eigenvalue weighted by Gasteiger charge is -2.32. The summed E-state index contributed by atoms with van der Waals surface area (Å²) in [6.07, 6.45) is 5.17. The van der Waals surface area contributed by atoms with Gasteiger partial charge >= 0.3 is 0 Å². The highest BCUT2D eigenvalue weighted by molar-refractivity contribution is 5.44. The maximum Gasteiger partial charge on any atom is 0.133 e. The number of rotatable bonds is 1. The first-order valence-electron chi connectivity index (χ1n) is 5.15. The van der Waals surface area contributed by atoms with E-state index in [1.165, 1.54) is 6.42 Å². The average molecular weight is 191 g/mol. The minimum atomic E-state index is 0.0491. The summed E-state index contributed by atoms with van der Waals surface area (Å²) in [5.74, 6) is 0.918. The summed E-state index contributed by atoms with van der Waals surface area (Å²) in [5, 5.41) is 0. The molecular weight excluding hydrogens is 174 g/mol. The first-order valence-corrected chi connectivity index (χ1v) is 5.15. The molecule has 1 saturated heterocycles. The van der Waals surface area contributed by atoms with E-state index >= 15 is 0 Å². The van der Waals surface area contributed by atoms with E-state index in [1.54, 1.807) is 0 Å². The number of anilines is 1. The molecule has 0 bridgehead atoms. The van der Waals surface area contributed by atoms with Gasteiger partial charge in [-0.25, -0.2) is 9.97 Å². The highest BCUT2D eigenvalue weighted by Gasteiger charge is 2.19. The van der Waals surface area contributed by atoms with Gasteiger partial charge in [-0.15, -0.1) is 0 Å². The number of hydrogen-bond donors (Lipinski definition) is 0. The van der Waals surface area contributed by atoms with Crippen molar-refractivity contribution in [2.75, 3.05) is 18.0 Å². The van der Waals surface area contributed by atoms with Crippen LogP contribution in [-0.4, -0.2) is 23.1 Å². The second-order valence-corrected chi connectivity index (χ2v) is 4.86. The lowest BCUT2D eigenvalue weighted by atomic mass is 9.96. The van der Waals surface area contributed by atoms with E-state index < -0.39 is 0 Å². The van der Waals surface area contributed by atoms with Crippen LogP contribution in [0.3, 0.4) is 0 Å². The largest absolute Gasteiger partial charge is 0.369 e. The van der Waals surface area contributed by atoms with E-state index in [9.17, 15) is 0 Å². The van der Waals surface area contributed by atoms with E-state index in [-0.39, 0.29) is 5.41 Å². The first-order chi connectivity index (χ1) is 6.57. The Hall–Kier alpha value is -1.12. The SMILES string of the molecule is CC(C)(C)c1ncc(N2CCC2)cn1. The van der Waals surface area contributed by atoms with Gasteiger partial charge in [-0.05, 0) is 6.42 Å². The molecule has 76 valence electrons. The van der Waals surface area contributed by atoms with Crippen LogP contribution in [0.15, 0.2) is 12.4 Å². The number of nitrogens with zero attached hydrogens (tertiary/aromatic N) is 3. The summed E-state index contributed by atoms with van der Waals surface area (Å²) in [4.78, 5) is 11.1. The van der Waals surface area contributed by atoms with Gasteiger partial charge in [0.25, 0.3) is 0 Å². The minimum Gasteiger partial charge on any atom is -0.369 e. The Morgan fingerprint density at radius 2 is 1.71 bits per heavy atom. The van der Waals surface area contributed by atoms with Crippen molar-refractivity contribution in [3.8, 4) is 0 Å². The van der Waals surface area contributed by atoms with Crippen LogP contribution < -0.4 is 4.90 Å². The number of hydrogen-bond acceptors (Lipinski definition) is 3. The predicted octanol–water partition coefficient (Wildman–Crippen LogP) is 1.98. The van der Waals surface area contributed by atoms with Crippen molar-refractivity contribution in [1.29, 1.82) is 0 Å². The smallest absolute Gasteiger partial charge is 0.133 e. The van der Waals surface area contributed by atoms with Crippen molar-refractivity contribution in [2.45, 2.75) is 32.6 Å². The van der Waals surface area contributed by atoms with Gasteiger partial charge in [0.05, 0.1) is 18.1 Å². The van der Waals surface area contributed by atoms with Gasteiger partial charge in [0.1, 0.15) is 5.82 Å². The molecule has 0 aromatic carbocycles. The Morgan fingerprint density at radius 1 is 1.14 bits per heavy atom. The van der Waals surface area contributed by atoms with Crippen molar-refractivity contribution in [1.82, 2.24) is 9.97 Å². The molecule has 1 fully saturated rings. The maximum absolute atomic E-state index is 4.40. The van der Waals surface area contributed by atoms with Crippen molar-refractivity contribution in [2.24, 2.45) is 0 Å². The molecule has 1 aromatic rings. The molecule has 0 spiro atoms. The molecule has 0 aliphatic carbocycles. The summed E-state index contributed by atoms with van der Waals surface area (Å²) in [7, 11) is 0. The fraction of sp³-hybridized carbons (Fsp3) is 0.636. The molecule has 2 rings (SSSR count). The van der Waals surface area contributed by atoms with Crippen molar-refractivity contribution in [3.05, 3.63) is 18.2 Å². The zero-order chi connectivity index (χ0) is 10.2. The monoisotopic (exact) mass is 191 g/mol. The van der Waals surface area contributed by atoms with Crippen LogP contribution >= 0.6 is 0 Å². The van der Waals surface area contributed by atoms with Crippen LogP contribution in [-0.2, 0) is 5.41 Å². The molecule has 2 heterocycles.